The summed E-state index contributed by atoms with van der Waals surface area (Å²) in [6, 6.07) is 6.01. The summed E-state index contributed by atoms with van der Waals surface area (Å²) in [6.07, 6.45) is -1.09. The minimum atomic E-state index is -1.40. The standard InChI is InChI=1S/C29H30N10O9/c1-13-22(42)18(12-40)48-26(13)39-9-8-19(36-29(39)47)35-20(41)7-6-17(27(45)46)34-24(43)14-2-4-15(5-3-14)31-10-16-11-32-23-21(33-16)25(44)38-28(30)37-23/h2-5,8-9,11,17-18,22,26,31,40,42H,1,6-7,10,12H2,(H,34,43)(H,45,46)(H,35,36,41,47)(H3,30,32,37,38,44)/t17-,18+,22?,26+/m0/s1. The molecule has 4 aromatic rings. The number of nitrogens with two attached hydrogens (primary N) is 1. The van der Waals surface area contributed by atoms with Crippen LogP contribution in [0.3, 0.4) is 0 Å². The number of fused-ring (bicyclic) bond motifs is 1. The van der Waals surface area contributed by atoms with E-state index >= 15 is 0 Å². The van der Waals surface area contributed by atoms with Crippen LogP contribution in [0.1, 0.15) is 35.1 Å². The molecule has 5 rings (SSSR count). The van der Waals surface area contributed by atoms with E-state index in [1.807, 2.05) is 0 Å². The molecule has 19 nitrogen and oxygen atoms in total. The maximum absolute atomic E-state index is 12.8. The number of benzene rings is 1. The van der Waals surface area contributed by atoms with Crippen LogP contribution >= 0.6 is 0 Å². The highest BCUT2D eigenvalue weighted by molar-refractivity contribution is 5.97. The monoisotopic (exact) mass is 662 g/mol. The van der Waals surface area contributed by atoms with E-state index < -0.39 is 60.1 Å². The third-order valence-electron chi connectivity index (χ3n) is 7.25. The van der Waals surface area contributed by atoms with Gasteiger partial charge < -0.3 is 41.7 Å². The highest BCUT2D eigenvalue weighted by Crippen LogP contribution is 2.31. The van der Waals surface area contributed by atoms with Gasteiger partial charge in [0.1, 0.15) is 24.1 Å². The Hall–Kier alpha value is -6.05. The molecule has 1 aromatic carbocycles. The molecule has 250 valence electrons. The number of aliphatic hydroxyl groups is 2. The van der Waals surface area contributed by atoms with E-state index in [2.05, 4.69) is 47.4 Å². The van der Waals surface area contributed by atoms with Gasteiger partial charge in [0.15, 0.2) is 17.4 Å². The fourth-order valence-electron chi connectivity index (χ4n) is 4.73. The number of amides is 2. The Bertz CT molecular complexity index is 2000. The number of carbonyl (C=O) groups excluding carboxylic acids is 2. The van der Waals surface area contributed by atoms with Gasteiger partial charge in [-0.3, -0.25) is 23.9 Å². The number of aliphatic hydroxyl groups excluding tert-OH is 2. The molecule has 0 aliphatic carbocycles. The number of H-pyrrole nitrogens is 1. The number of carboxylic acids is 1. The zero-order valence-electron chi connectivity index (χ0n) is 25.0. The molecule has 0 saturated carbocycles. The number of aromatic amines is 1. The van der Waals surface area contributed by atoms with Crippen molar-refractivity contribution < 1.29 is 34.4 Å². The average Bonchev–Trinajstić information content (AvgIpc) is 3.34. The number of nitrogens with zero attached hydrogens (tertiary/aromatic N) is 5. The van der Waals surface area contributed by atoms with E-state index in [1.165, 1.54) is 30.6 Å². The van der Waals surface area contributed by atoms with Crippen LogP contribution in [0.5, 0.6) is 0 Å². The molecule has 4 atom stereocenters. The lowest BCUT2D eigenvalue weighted by Crippen LogP contribution is -2.41. The highest BCUT2D eigenvalue weighted by Gasteiger charge is 2.38. The predicted molar refractivity (Wildman–Crippen MR) is 168 cm³/mol. The normalized spacial score (nSPS) is 18.0. The highest BCUT2D eigenvalue weighted by atomic mass is 16.5. The fraction of sp³-hybridized carbons (Fsp3) is 0.276. The number of hydrogen-bond acceptors (Lipinski definition) is 14. The Labute approximate surface area is 269 Å². The van der Waals surface area contributed by atoms with Gasteiger partial charge in [0.25, 0.3) is 11.5 Å². The molecule has 4 heterocycles. The van der Waals surface area contributed by atoms with Crippen molar-refractivity contribution in [3.63, 3.8) is 0 Å². The van der Waals surface area contributed by atoms with Crippen LogP contribution in [0.2, 0.25) is 0 Å². The topological polar surface area (TPSA) is 290 Å². The van der Waals surface area contributed by atoms with E-state index in [9.17, 15) is 39.3 Å². The van der Waals surface area contributed by atoms with Crippen LogP contribution < -0.4 is 32.9 Å². The predicted octanol–water partition coefficient (Wildman–Crippen LogP) is -1.13. The summed E-state index contributed by atoms with van der Waals surface area (Å²) in [6.45, 7) is 3.39. The van der Waals surface area contributed by atoms with Gasteiger partial charge in [-0.2, -0.15) is 9.97 Å². The molecule has 2 amide bonds. The van der Waals surface area contributed by atoms with Crippen molar-refractivity contribution in [2.75, 3.05) is 23.0 Å². The Morgan fingerprint density at radius 3 is 2.54 bits per heavy atom. The lowest BCUT2D eigenvalue weighted by atomic mass is 10.1. The second-order valence-corrected chi connectivity index (χ2v) is 10.6. The number of anilines is 3. The molecule has 48 heavy (non-hydrogen) atoms. The third kappa shape index (κ3) is 7.49. The fourth-order valence-corrected chi connectivity index (χ4v) is 4.73. The zero-order valence-corrected chi connectivity index (χ0v) is 25.0. The molecule has 0 bridgehead atoms. The number of carboxylic acid groups (broad SMARTS) is 1. The number of ether oxygens (including phenoxy) is 1. The van der Waals surface area contributed by atoms with Crippen LogP contribution in [0.25, 0.3) is 11.2 Å². The first-order valence-electron chi connectivity index (χ1n) is 14.3. The van der Waals surface area contributed by atoms with Crippen LogP contribution in [-0.2, 0) is 20.9 Å². The van der Waals surface area contributed by atoms with Crippen LogP contribution in [0.4, 0.5) is 17.5 Å². The van der Waals surface area contributed by atoms with E-state index in [1.54, 1.807) is 12.1 Å². The Balaban J connectivity index is 1.12. The molecule has 1 unspecified atom stereocenters. The molecule has 3 aromatic heterocycles. The SMILES string of the molecule is C=C1C(O)[C@@H](CO)O[C@H]1n1ccc(NC(=O)CC[C@H](NC(=O)c2ccc(NCc3cnc4nc(N)[nH]c(=O)c4n3)cc2)C(=O)O)nc1=O. The number of rotatable bonds is 12. The molecular weight excluding hydrogens is 632 g/mol. The summed E-state index contributed by atoms with van der Waals surface area (Å²) >= 11 is 0. The van der Waals surface area contributed by atoms with E-state index in [0.29, 0.717) is 11.4 Å². The van der Waals surface area contributed by atoms with Crippen LogP contribution in [0.15, 0.2) is 64.5 Å². The van der Waals surface area contributed by atoms with Crippen molar-refractivity contribution in [1.29, 1.82) is 0 Å². The van der Waals surface area contributed by atoms with Gasteiger partial charge in [-0.05, 0) is 36.8 Å². The molecule has 0 spiro atoms. The first kappa shape index (κ1) is 33.3. The summed E-state index contributed by atoms with van der Waals surface area (Å²) in [7, 11) is 0. The van der Waals surface area contributed by atoms with Gasteiger partial charge >= 0.3 is 11.7 Å². The van der Waals surface area contributed by atoms with Crippen molar-refractivity contribution in [3.05, 3.63) is 87.0 Å². The second kappa shape index (κ2) is 14.2. The van der Waals surface area contributed by atoms with Gasteiger partial charge in [-0.25, -0.2) is 19.6 Å². The third-order valence-corrected chi connectivity index (χ3v) is 7.25. The van der Waals surface area contributed by atoms with Crippen molar-refractivity contribution >= 4 is 46.4 Å². The molecule has 9 N–H and O–H groups in total. The molecular formula is C29H30N10O9. The minimum absolute atomic E-state index is 0.0318. The maximum Gasteiger partial charge on any atom is 0.351 e. The molecule has 1 aliphatic rings. The van der Waals surface area contributed by atoms with Crippen molar-refractivity contribution in [1.82, 2.24) is 34.8 Å². The summed E-state index contributed by atoms with van der Waals surface area (Å²) in [5, 5.41) is 36.9. The van der Waals surface area contributed by atoms with E-state index in [0.717, 1.165) is 4.57 Å². The molecule has 1 fully saturated rings. The van der Waals surface area contributed by atoms with Crippen molar-refractivity contribution in [2.45, 2.75) is 43.9 Å². The first-order valence-corrected chi connectivity index (χ1v) is 14.3. The largest absolute Gasteiger partial charge is 0.480 e. The maximum atomic E-state index is 12.8. The van der Waals surface area contributed by atoms with E-state index in [-0.39, 0.29) is 53.5 Å². The Morgan fingerprint density at radius 2 is 1.88 bits per heavy atom. The van der Waals surface area contributed by atoms with Crippen molar-refractivity contribution in [2.24, 2.45) is 0 Å². The number of carbonyl (C=O) groups is 3. The minimum Gasteiger partial charge on any atom is -0.480 e. The van der Waals surface area contributed by atoms with Crippen LogP contribution in [-0.4, -0.2) is 87.4 Å². The zero-order chi connectivity index (χ0) is 34.5. The van der Waals surface area contributed by atoms with Crippen molar-refractivity contribution in [3.8, 4) is 0 Å². The second-order valence-electron chi connectivity index (χ2n) is 10.6. The Morgan fingerprint density at radius 1 is 1.12 bits per heavy atom. The van der Waals surface area contributed by atoms with Crippen LogP contribution in [0, 0.1) is 0 Å². The lowest BCUT2D eigenvalue weighted by molar-refractivity contribution is -0.139. The van der Waals surface area contributed by atoms with Gasteiger partial charge in [-0.15, -0.1) is 0 Å². The lowest BCUT2D eigenvalue weighted by Gasteiger charge is -2.16. The number of hydrogen-bond donors (Lipinski definition) is 8. The van der Waals surface area contributed by atoms with Gasteiger partial charge in [0.2, 0.25) is 11.9 Å². The average molecular weight is 663 g/mol. The molecule has 0 radical (unpaired) electrons. The smallest absolute Gasteiger partial charge is 0.351 e. The van der Waals surface area contributed by atoms with Gasteiger partial charge in [0, 0.05) is 29.4 Å². The summed E-state index contributed by atoms with van der Waals surface area (Å²) in [5.74, 6) is -2.89. The Kier molecular flexibility index (Phi) is 9.83. The van der Waals surface area contributed by atoms with E-state index in [4.69, 9.17) is 10.5 Å². The first-order chi connectivity index (χ1) is 22.9. The van der Waals surface area contributed by atoms with Gasteiger partial charge in [-0.1, -0.05) is 6.58 Å². The number of nitrogens with one attached hydrogen (secondary N) is 4. The summed E-state index contributed by atoms with van der Waals surface area (Å²) in [4.78, 5) is 80.1. The number of aliphatic carboxylic acids is 1. The quantitative estimate of drug-likeness (QED) is 0.0833. The summed E-state index contributed by atoms with van der Waals surface area (Å²) < 4.78 is 6.48. The molecule has 1 saturated heterocycles. The molecule has 1 aliphatic heterocycles. The van der Waals surface area contributed by atoms with Gasteiger partial charge in [0.05, 0.1) is 25.0 Å². The number of nitrogen functional groups attached to an aromatic ring is 1. The molecule has 19 heteroatoms. The summed E-state index contributed by atoms with van der Waals surface area (Å²) in [5.41, 5.74) is 5.65. The number of aromatic nitrogens is 6.